The van der Waals surface area contributed by atoms with Crippen LogP contribution in [0.25, 0.3) is 0 Å². The van der Waals surface area contributed by atoms with Crippen LogP contribution in [0.15, 0.2) is 23.1 Å². The second-order valence-corrected chi connectivity index (χ2v) is 10.2. The van der Waals surface area contributed by atoms with Crippen LogP contribution in [0.2, 0.25) is 0 Å². The molecule has 0 radical (unpaired) electrons. The first-order valence-electron chi connectivity index (χ1n) is 10.7. The maximum atomic E-state index is 13.1. The molecule has 2 aliphatic heterocycles. The Morgan fingerprint density at radius 2 is 1.72 bits per heavy atom. The molecule has 1 amide bonds. The second-order valence-electron chi connectivity index (χ2n) is 8.23. The topological polar surface area (TPSA) is 76.2 Å². The molecule has 0 N–H and O–H groups in total. The van der Waals surface area contributed by atoms with Crippen LogP contribution >= 0.6 is 0 Å². The molecule has 1 aliphatic carbocycles. The Morgan fingerprint density at radius 1 is 1.03 bits per heavy atom. The van der Waals surface area contributed by atoms with Gasteiger partial charge in [0.25, 0.3) is 5.91 Å². The Morgan fingerprint density at radius 3 is 2.45 bits per heavy atom. The highest BCUT2D eigenvalue weighted by molar-refractivity contribution is 7.89. The third-order valence-electron chi connectivity index (χ3n) is 6.28. The maximum Gasteiger partial charge on any atom is 0.267 e. The molecule has 7 nitrogen and oxygen atoms in total. The minimum atomic E-state index is -3.60. The molecular weight excluding hydrogens is 392 g/mol. The number of fused-ring (bicyclic) bond motifs is 1. The molecule has 8 heteroatoms. The van der Waals surface area contributed by atoms with E-state index >= 15 is 0 Å². The van der Waals surface area contributed by atoms with Crippen molar-refractivity contribution in [2.24, 2.45) is 0 Å². The molecule has 0 bridgehead atoms. The minimum Gasteiger partial charge on any atom is -0.485 e. The molecule has 2 fully saturated rings. The third-order valence-corrected chi connectivity index (χ3v) is 8.19. The summed E-state index contributed by atoms with van der Waals surface area (Å²) in [7, 11) is -1.93. The fourth-order valence-electron chi connectivity index (χ4n) is 4.46. The molecule has 1 aromatic rings. The number of nitrogens with zero attached hydrogens (tertiary/aromatic N) is 2. The molecule has 1 aromatic carbocycles. The van der Waals surface area contributed by atoms with Gasteiger partial charge < -0.3 is 14.4 Å². The molecule has 0 spiro atoms. The molecule has 2 heterocycles. The lowest BCUT2D eigenvalue weighted by Gasteiger charge is -2.33. The van der Waals surface area contributed by atoms with E-state index in [0.717, 1.165) is 58.0 Å². The molecule has 0 aromatic heterocycles. The number of rotatable bonds is 4. The lowest BCUT2D eigenvalue weighted by molar-refractivity contribution is -0.142. The van der Waals surface area contributed by atoms with E-state index in [4.69, 9.17) is 9.47 Å². The van der Waals surface area contributed by atoms with Gasteiger partial charge in [0.05, 0.1) is 4.90 Å². The summed E-state index contributed by atoms with van der Waals surface area (Å²) in [5.74, 6) is 0.751. The number of hydrogen-bond donors (Lipinski definition) is 0. The first-order chi connectivity index (χ1) is 14.0. The van der Waals surface area contributed by atoms with Gasteiger partial charge in [-0.05, 0) is 44.2 Å². The van der Waals surface area contributed by atoms with Crippen LogP contribution < -0.4 is 9.47 Å². The van der Waals surface area contributed by atoms with E-state index in [9.17, 15) is 13.2 Å². The number of piperidine rings is 1. The van der Waals surface area contributed by atoms with Crippen LogP contribution in [-0.4, -0.2) is 62.4 Å². The quantitative estimate of drug-likeness (QED) is 0.746. The van der Waals surface area contributed by atoms with Gasteiger partial charge in [-0.3, -0.25) is 4.79 Å². The predicted molar refractivity (Wildman–Crippen MR) is 109 cm³/mol. The molecule has 160 valence electrons. The highest BCUT2D eigenvalue weighted by atomic mass is 32.2. The first-order valence-corrected chi connectivity index (χ1v) is 12.1. The van der Waals surface area contributed by atoms with E-state index < -0.39 is 16.1 Å². The van der Waals surface area contributed by atoms with Crippen molar-refractivity contribution in [1.29, 1.82) is 0 Å². The summed E-state index contributed by atoms with van der Waals surface area (Å²) >= 11 is 0. The molecule has 1 saturated heterocycles. The van der Waals surface area contributed by atoms with Gasteiger partial charge >= 0.3 is 0 Å². The number of likely N-dealkylation sites (tertiary alicyclic amines) is 1. The lowest BCUT2D eigenvalue weighted by Crippen LogP contribution is -2.48. The maximum absolute atomic E-state index is 13.1. The zero-order valence-electron chi connectivity index (χ0n) is 17.0. The number of amides is 1. The molecule has 0 unspecified atom stereocenters. The highest BCUT2D eigenvalue weighted by Gasteiger charge is 2.34. The van der Waals surface area contributed by atoms with Crippen LogP contribution in [0.1, 0.15) is 51.4 Å². The van der Waals surface area contributed by atoms with E-state index in [1.807, 2.05) is 4.90 Å². The summed E-state index contributed by atoms with van der Waals surface area (Å²) in [4.78, 5) is 14.7. The average Bonchev–Trinajstić information content (AvgIpc) is 2.78. The Labute approximate surface area is 173 Å². The monoisotopic (exact) mass is 422 g/mol. The molecule has 4 rings (SSSR count). The van der Waals surface area contributed by atoms with Gasteiger partial charge in [-0.25, -0.2) is 8.42 Å². The second kappa shape index (κ2) is 8.52. The Hall–Kier alpha value is -1.80. The lowest BCUT2D eigenvalue weighted by atomic mass is 9.96. The van der Waals surface area contributed by atoms with Gasteiger partial charge in [-0.2, -0.15) is 4.31 Å². The van der Waals surface area contributed by atoms with Gasteiger partial charge in [-0.1, -0.05) is 19.3 Å². The smallest absolute Gasteiger partial charge is 0.267 e. The summed E-state index contributed by atoms with van der Waals surface area (Å²) in [6, 6.07) is 4.72. The minimum absolute atomic E-state index is 0.0495. The van der Waals surface area contributed by atoms with Crippen molar-refractivity contribution in [3.05, 3.63) is 18.2 Å². The largest absolute Gasteiger partial charge is 0.485 e. The van der Waals surface area contributed by atoms with Crippen molar-refractivity contribution in [3.63, 3.8) is 0 Å². The van der Waals surface area contributed by atoms with Crippen LogP contribution in [0.3, 0.4) is 0 Å². The van der Waals surface area contributed by atoms with Crippen molar-refractivity contribution in [2.45, 2.75) is 68.4 Å². The van der Waals surface area contributed by atoms with Gasteiger partial charge in [0.2, 0.25) is 16.1 Å². The number of sulfonamides is 1. The van der Waals surface area contributed by atoms with E-state index in [0.29, 0.717) is 11.5 Å². The van der Waals surface area contributed by atoms with Crippen molar-refractivity contribution in [3.8, 4) is 11.5 Å². The summed E-state index contributed by atoms with van der Waals surface area (Å²) in [6.45, 7) is 1.62. The summed E-state index contributed by atoms with van der Waals surface area (Å²) in [5, 5.41) is 0. The average molecular weight is 423 g/mol. The summed E-state index contributed by atoms with van der Waals surface area (Å²) in [6.07, 6.45) is 7.63. The van der Waals surface area contributed by atoms with Gasteiger partial charge in [-0.15, -0.1) is 0 Å². The number of ether oxygens (including phenoxy) is 2. The van der Waals surface area contributed by atoms with Gasteiger partial charge in [0.15, 0.2) is 11.5 Å². The fourth-order valence-corrected chi connectivity index (χ4v) is 5.89. The van der Waals surface area contributed by atoms with Crippen LogP contribution in [-0.2, 0) is 14.8 Å². The Balaban J connectivity index is 1.47. The zero-order chi connectivity index (χ0) is 20.4. The van der Waals surface area contributed by atoms with E-state index in [2.05, 4.69) is 0 Å². The van der Waals surface area contributed by atoms with Gasteiger partial charge in [0, 0.05) is 32.2 Å². The molecular formula is C21H30N2O5S. The summed E-state index contributed by atoms with van der Waals surface area (Å²) < 4.78 is 39.3. The number of hydrogen-bond acceptors (Lipinski definition) is 5. The Bertz CT molecular complexity index is 845. The number of carbonyl (C=O) groups is 1. The number of carbonyl (C=O) groups excluding carboxylic acids is 1. The van der Waals surface area contributed by atoms with E-state index in [1.54, 1.807) is 19.2 Å². The standard InChI is InChI=1S/C21H30N2O5S/c1-22(16-8-4-2-5-9-16)29(25,26)17-10-11-18-19(14-17)27-15-20(28-18)21(24)23-12-6-3-7-13-23/h10-11,14,16,20H,2-9,12-13,15H2,1H3/t20-/m0/s1. The van der Waals surface area contributed by atoms with Crippen molar-refractivity contribution < 1.29 is 22.7 Å². The van der Waals surface area contributed by atoms with Crippen molar-refractivity contribution >= 4 is 15.9 Å². The normalized spacial score (nSPS) is 23.2. The van der Waals surface area contributed by atoms with Crippen LogP contribution in [0, 0.1) is 0 Å². The van der Waals surface area contributed by atoms with Crippen molar-refractivity contribution in [2.75, 3.05) is 26.7 Å². The third kappa shape index (κ3) is 4.23. The molecule has 1 saturated carbocycles. The fraction of sp³-hybridized carbons (Fsp3) is 0.667. The Kier molecular flexibility index (Phi) is 6.01. The highest BCUT2D eigenvalue weighted by Crippen LogP contribution is 2.36. The van der Waals surface area contributed by atoms with Crippen molar-refractivity contribution in [1.82, 2.24) is 9.21 Å². The predicted octanol–water partition coefficient (Wildman–Crippen LogP) is 2.79. The SMILES string of the molecule is CN(C1CCCCC1)S(=O)(=O)c1ccc2c(c1)OC[C@@H](C(=O)N1CCCCC1)O2. The van der Waals surface area contributed by atoms with Crippen LogP contribution in [0.5, 0.6) is 11.5 Å². The molecule has 29 heavy (non-hydrogen) atoms. The van der Waals surface area contributed by atoms with E-state index in [-0.39, 0.29) is 23.5 Å². The molecule has 1 atom stereocenters. The number of benzene rings is 1. The zero-order valence-corrected chi connectivity index (χ0v) is 17.8. The molecule has 3 aliphatic rings. The van der Waals surface area contributed by atoms with Crippen LogP contribution in [0.4, 0.5) is 0 Å². The summed E-state index contributed by atoms with van der Waals surface area (Å²) in [5.41, 5.74) is 0. The van der Waals surface area contributed by atoms with E-state index in [1.165, 1.54) is 16.8 Å². The van der Waals surface area contributed by atoms with Gasteiger partial charge in [0.1, 0.15) is 6.61 Å². The first kappa shape index (κ1) is 20.5.